The number of nitrogens with zero attached hydrogens (tertiary/aromatic N) is 7. The lowest BCUT2D eigenvalue weighted by molar-refractivity contribution is 0.0783. The Labute approximate surface area is 167 Å². The first-order chi connectivity index (χ1) is 14.1. The third kappa shape index (κ3) is 3.22. The quantitative estimate of drug-likeness (QED) is 0.517. The van der Waals surface area contributed by atoms with E-state index in [1.165, 1.54) is 6.42 Å². The minimum atomic E-state index is -0.848. The molecule has 0 amide bonds. The van der Waals surface area contributed by atoms with E-state index in [1.54, 1.807) is 27.8 Å². The number of hydrogen-bond donors (Lipinski definition) is 2. The molecule has 3 atom stereocenters. The van der Waals surface area contributed by atoms with E-state index in [9.17, 15) is 5.11 Å². The maximum Gasteiger partial charge on any atom is 0.0999 e. The molecule has 5 rings (SSSR count). The highest BCUT2D eigenvalue weighted by molar-refractivity contribution is 5.78. The van der Waals surface area contributed by atoms with Crippen LogP contribution in [-0.4, -0.2) is 57.1 Å². The predicted molar refractivity (Wildman–Crippen MR) is 106 cm³/mol. The highest BCUT2D eigenvalue weighted by Crippen LogP contribution is 2.38. The molecule has 3 unspecified atom stereocenters. The summed E-state index contributed by atoms with van der Waals surface area (Å²) in [6.07, 6.45) is 12.6. The maximum absolute atomic E-state index is 9.64. The van der Waals surface area contributed by atoms with Gasteiger partial charge >= 0.3 is 0 Å². The molecular formula is C20H23N7O2. The van der Waals surface area contributed by atoms with Crippen molar-refractivity contribution < 1.29 is 10.2 Å². The van der Waals surface area contributed by atoms with Crippen molar-refractivity contribution in [1.29, 1.82) is 0 Å². The van der Waals surface area contributed by atoms with Crippen LogP contribution in [0.1, 0.15) is 25.8 Å². The van der Waals surface area contributed by atoms with Gasteiger partial charge in [-0.3, -0.25) is 9.36 Å². The van der Waals surface area contributed by atoms with Gasteiger partial charge in [-0.1, -0.05) is 6.92 Å². The SMILES string of the molecule is CC1CCC1n1cc(-c2nc(-c3cnn(CC(O)CO)c3)cn3nccc23)cn1. The van der Waals surface area contributed by atoms with E-state index in [0.717, 1.165) is 34.5 Å². The van der Waals surface area contributed by atoms with Crippen molar-refractivity contribution in [1.82, 2.24) is 34.2 Å². The molecule has 0 aliphatic heterocycles. The molecule has 4 aromatic heterocycles. The van der Waals surface area contributed by atoms with Crippen LogP contribution in [0.25, 0.3) is 28.0 Å². The van der Waals surface area contributed by atoms with Crippen LogP contribution in [-0.2, 0) is 6.54 Å². The first-order valence-corrected chi connectivity index (χ1v) is 9.83. The van der Waals surface area contributed by atoms with Gasteiger partial charge < -0.3 is 10.2 Å². The number of fused-ring (bicyclic) bond motifs is 1. The lowest BCUT2D eigenvalue weighted by atomic mass is 9.81. The Balaban J connectivity index is 1.52. The summed E-state index contributed by atoms with van der Waals surface area (Å²) in [7, 11) is 0. The second-order valence-electron chi connectivity index (χ2n) is 7.75. The van der Waals surface area contributed by atoms with Crippen LogP contribution < -0.4 is 0 Å². The van der Waals surface area contributed by atoms with Crippen molar-refractivity contribution in [2.75, 3.05) is 6.61 Å². The standard InChI is InChI=1S/C20H23N7O2/c1-13-2-3-18(13)26-9-15(7-23-26)20-19-4-5-21-27(19)11-17(24-20)14-6-22-25(8-14)10-16(29)12-28/h4-9,11,13,16,18,28-29H,2-3,10,12H2,1H3. The average molecular weight is 393 g/mol. The fourth-order valence-electron chi connectivity index (χ4n) is 3.83. The lowest BCUT2D eigenvalue weighted by Gasteiger charge is -2.33. The van der Waals surface area contributed by atoms with Gasteiger partial charge in [0.1, 0.15) is 0 Å². The Kier molecular flexibility index (Phi) is 4.40. The molecular weight excluding hydrogens is 370 g/mol. The largest absolute Gasteiger partial charge is 0.394 e. The van der Waals surface area contributed by atoms with Crippen LogP contribution in [0.2, 0.25) is 0 Å². The van der Waals surface area contributed by atoms with Gasteiger partial charge in [-0.2, -0.15) is 15.3 Å². The molecule has 1 aliphatic rings. The summed E-state index contributed by atoms with van der Waals surface area (Å²) < 4.78 is 5.46. The van der Waals surface area contributed by atoms with Crippen molar-refractivity contribution in [3.63, 3.8) is 0 Å². The first kappa shape index (κ1) is 18.0. The van der Waals surface area contributed by atoms with Gasteiger partial charge in [0.05, 0.1) is 67.0 Å². The summed E-state index contributed by atoms with van der Waals surface area (Å²) in [6, 6.07) is 2.40. The van der Waals surface area contributed by atoms with Gasteiger partial charge in [-0.25, -0.2) is 9.50 Å². The Bertz CT molecular complexity index is 1140. The molecule has 9 nitrogen and oxygen atoms in total. The van der Waals surface area contributed by atoms with E-state index in [-0.39, 0.29) is 13.2 Å². The van der Waals surface area contributed by atoms with Crippen molar-refractivity contribution in [2.45, 2.75) is 38.5 Å². The molecule has 150 valence electrons. The molecule has 1 saturated carbocycles. The topological polar surface area (TPSA) is 106 Å². The molecule has 4 heterocycles. The molecule has 1 aliphatic carbocycles. The van der Waals surface area contributed by atoms with Crippen LogP contribution in [0, 0.1) is 5.92 Å². The van der Waals surface area contributed by atoms with Crippen LogP contribution in [0.15, 0.2) is 43.2 Å². The molecule has 4 aromatic rings. The summed E-state index contributed by atoms with van der Waals surface area (Å²) in [5.41, 5.74) is 4.23. The normalized spacial score (nSPS) is 20.1. The van der Waals surface area contributed by atoms with E-state index in [4.69, 9.17) is 10.1 Å². The summed E-state index contributed by atoms with van der Waals surface area (Å²) in [4.78, 5) is 4.88. The average Bonchev–Trinajstić information content (AvgIpc) is 3.46. The number of aromatic nitrogens is 7. The Morgan fingerprint density at radius 3 is 2.72 bits per heavy atom. The van der Waals surface area contributed by atoms with Gasteiger partial charge in [0, 0.05) is 23.5 Å². The van der Waals surface area contributed by atoms with Crippen LogP contribution >= 0.6 is 0 Å². The van der Waals surface area contributed by atoms with Gasteiger partial charge in [0.25, 0.3) is 0 Å². The smallest absolute Gasteiger partial charge is 0.0999 e. The number of aliphatic hydroxyl groups is 2. The zero-order chi connectivity index (χ0) is 20.0. The Morgan fingerprint density at radius 2 is 1.97 bits per heavy atom. The van der Waals surface area contributed by atoms with Crippen molar-refractivity contribution in [3.8, 4) is 22.5 Å². The summed E-state index contributed by atoms with van der Waals surface area (Å²) in [5, 5.41) is 31.9. The third-order valence-corrected chi connectivity index (χ3v) is 5.72. The summed E-state index contributed by atoms with van der Waals surface area (Å²) in [5.74, 6) is 0.650. The number of aliphatic hydroxyl groups excluding tert-OH is 2. The molecule has 2 N–H and O–H groups in total. The molecule has 0 spiro atoms. The molecule has 0 saturated heterocycles. The predicted octanol–water partition coefficient (Wildman–Crippen LogP) is 1.78. The zero-order valence-corrected chi connectivity index (χ0v) is 16.1. The van der Waals surface area contributed by atoms with E-state index >= 15 is 0 Å². The fourth-order valence-corrected chi connectivity index (χ4v) is 3.83. The maximum atomic E-state index is 9.64. The zero-order valence-electron chi connectivity index (χ0n) is 16.1. The monoisotopic (exact) mass is 393 g/mol. The number of hydrogen-bond acceptors (Lipinski definition) is 6. The summed E-state index contributed by atoms with van der Waals surface area (Å²) >= 11 is 0. The van der Waals surface area contributed by atoms with Crippen LogP contribution in [0.5, 0.6) is 0 Å². The van der Waals surface area contributed by atoms with Crippen molar-refractivity contribution in [2.24, 2.45) is 5.92 Å². The Morgan fingerprint density at radius 1 is 1.10 bits per heavy atom. The molecule has 0 bridgehead atoms. The highest BCUT2D eigenvalue weighted by Gasteiger charge is 2.29. The van der Waals surface area contributed by atoms with E-state index in [0.29, 0.717) is 12.0 Å². The van der Waals surface area contributed by atoms with E-state index in [1.807, 2.05) is 18.5 Å². The molecule has 0 aromatic carbocycles. The lowest BCUT2D eigenvalue weighted by Crippen LogP contribution is -2.26. The minimum absolute atomic E-state index is 0.222. The molecule has 0 radical (unpaired) electrons. The molecule has 1 fully saturated rings. The van der Waals surface area contributed by atoms with Crippen molar-refractivity contribution in [3.05, 3.63) is 43.2 Å². The van der Waals surface area contributed by atoms with Crippen LogP contribution in [0.4, 0.5) is 0 Å². The summed E-state index contributed by atoms with van der Waals surface area (Å²) in [6.45, 7) is 2.18. The van der Waals surface area contributed by atoms with Gasteiger partial charge in [-0.05, 0) is 24.8 Å². The second-order valence-corrected chi connectivity index (χ2v) is 7.75. The van der Waals surface area contributed by atoms with Gasteiger partial charge in [-0.15, -0.1) is 0 Å². The molecule has 9 heteroatoms. The first-order valence-electron chi connectivity index (χ1n) is 9.83. The van der Waals surface area contributed by atoms with E-state index in [2.05, 4.69) is 33.1 Å². The highest BCUT2D eigenvalue weighted by atomic mass is 16.3. The van der Waals surface area contributed by atoms with Crippen molar-refractivity contribution >= 4 is 5.52 Å². The number of rotatable bonds is 6. The third-order valence-electron chi connectivity index (χ3n) is 5.72. The van der Waals surface area contributed by atoms with Gasteiger partial charge in [0.2, 0.25) is 0 Å². The second kappa shape index (κ2) is 7.09. The fraction of sp³-hybridized carbons (Fsp3) is 0.400. The van der Waals surface area contributed by atoms with Gasteiger partial charge in [0.15, 0.2) is 0 Å². The van der Waals surface area contributed by atoms with Crippen LogP contribution in [0.3, 0.4) is 0 Å². The van der Waals surface area contributed by atoms with E-state index < -0.39 is 6.10 Å². The minimum Gasteiger partial charge on any atom is -0.394 e. The Hall–Kier alpha value is -3.04. The molecule has 29 heavy (non-hydrogen) atoms.